The van der Waals surface area contributed by atoms with E-state index in [4.69, 9.17) is 10.5 Å². The molecule has 3 aromatic rings. The second-order valence-corrected chi connectivity index (χ2v) is 237. The fourth-order valence-corrected chi connectivity index (χ4v) is 781. The maximum atomic E-state index is 13.1. The van der Waals surface area contributed by atoms with Crippen molar-refractivity contribution < 1.29 is 19.1 Å². The van der Waals surface area contributed by atoms with E-state index in [1.165, 1.54) is 23.9 Å². The van der Waals surface area contributed by atoms with Crippen LogP contribution >= 0.6 is 432 Å². The van der Waals surface area contributed by atoms with Gasteiger partial charge in [-0.15, -0.1) is 250 Å². The fraction of sp³-hybridized carbons (Fsp3) is 0.143. The third-order valence-electron chi connectivity index (χ3n) is 9.52. The van der Waals surface area contributed by atoms with Crippen LogP contribution in [0.25, 0.3) is 11.3 Å². The minimum atomic E-state index is -0.497. The number of hydrogen-bond donors (Lipinski definition) is 2. The number of anilines is 1. The number of rotatable bonds is 30. The van der Waals surface area contributed by atoms with Crippen molar-refractivity contribution in [3.05, 3.63) is 64.8 Å². The summed E-state index contributed by atoms with van der Waals surface area (Å²) in [6.45, 7) is -5.01. The van der Waals surface area contributed by atoms with Gasteiger partial charge >= 0.3 is 0 Å². The highest BCUT2D eigenvalue weighted by molar-refractivity contribution is 9.53. The number of nitrogen functional groups attached to an aromatic ring is 1. The van der Waals surface area contributed by atoms with Crippen molar-refractivity contribution in [1.29, 1.82) is 0 Å². The molecule has 0 spiro atoms. The number of aryl methyl sites for hydroxylation is 1. The lowest BCUT2D eigenvalue weighted by Gasteiger charge is -2.59. The molecule has 29 atom stereocenters. The summed E-state index contributed by atoms with van der Waals surface area (Å²) in [6, 6.07) is 12.3. The number of nitrogens with zero attached hydrogens (tertiary/aromatic N) is 2. The smallest absolute Gasteiger partial charge is 0.259 e. The molecule has 2 aromatic carbocycles. The van der Waals surface area contributed by atoms with Gasteiger partial charge in [0.25, 0.3) is 11.8 Å². The van der Waals surface area contributed by atoms with Gasteiger partial charge in [0.05, 0.1) is 18.2 Å². The van der Waals surface area contributed by atoms with Crippen LogP contribution < -0.4 is 15.8 Å². The zero-order valence-electron chi connectivity index (χ0n) is 43.6. The van der Waals surface area contributed by atoms with Gasteiger partial charge in [-0.25, -0.2) is 0 Å². The molecule has 0 saturated carbocycles. The second-order valence-electron chi connectivity index (χ2n) is 15.2. The molecule has 0 saturated heterocycles. The summed E-state index contributed by atoms with van der Waals surface area (Å²) in [5.41, 5.74) is 8.88. The Kier molecular flexibility index (Phi) is 56.9. The number of nitrogens with one attached hydrogen (secondary N) is 1. The quantitative estimate of drug-likeness (QED) is 0.0297. The highest BCUT2D eigenvalue weighted by Crippen LogP contribution is 3.47. The van der Waals surface area contributed by atoms with Gasteiger partial charge in [-0.05, 0) is 199 Å². The van der Waals surface area contributed by atoms with Gasteiger partial charge in [-0.1, -0.05) is 30.3 Å². The molecule has 3 N–H and O–H groups in total. The molecule has 4 rings (SSSR count). The standard InChI is InChI=1S/C21H18N4O4.H56P54/c1-25-18(19(29-2)17(24-25)11-6-4-3-5-7-11)16(26)9-12-8-13-14(10-15(12)22)21(28)23-20(13)27;1-29(2)43(30(3)4)50(44(31(5)6)32(7)8)53(49(41(25)26)42(27)28)54(51(45(33(9)10)34(11)12)46(35(13)14)36(15)16)52(47(37(17)18)38(19)20)48(39(21)22)40(23)24/h3-8,10H,9,22H2,1-2H3,(H,23,27,28);1-28H2. The summed E-state index contributed by atoms with van der Waals surface area (Å²) < 4.78 is 6.98. The lowest BCUT2D eigenvalue weighted by atomic mass is 9.98. The number of carbonyl (C=O) groups excluding carboxylic acids is 3. The second kappa shape index (κ2) is 48.9. The lowest BCUT2D eigenvalue weighted by Crippen LogP contribution is -2.19. The van der Waals surface area contributed by atoms with Crippen LogP contribution in [0.5, 0.6) is 5.75 Å². The monoisotopic (exact) mass is 2120 g/mol. The molecule has 29 unspecified atom stereocenters. The molecule has 62 heteroatoms. The average molecular weight is 2120 g/mol. The van der Waals surface area contributed by atoms with Crippen LogP contribution in [0.1, 0.15) is 36.8 Å². The topological polar surface area (TPSA) is 116 Å². The Morgan fingerprint density at radius 2 is 0.723 bits per heavy atom. The Balaban J connectivity index is 0.000000514. The molecule has 0 fully saturated rings. The van der Waals surface area contributed by atoms with Crippen molar-refractivity contribution in [2.75, 3.05) is 12.8 Å². The number of Topliss-reactive ketones (excluding diaryl/α,β-unsaturated/α-hetero) is 1. The first kappa shape index (κ1) is 96.5. The number of hydrogen-bond acceptors (Lipinski definition) is 6. The summed E-state index contributed by atoms with van der Waals surface area (Å²) in [6.07, 6.45) is -0.0648. The lowest BCUT2D eigenvalue weighted by molar-refractivity contribution is 0.0878. The minimum Gasteiger partial charge on any atom is -0.492 e. The molecule has 1 aliphatic heterocycles. The van der Waals surface area contributed by atoms with Gasteiger partial charge in [0.15, 0.2) is 11.5 Å². The van der Waals surface area contributed by atoms with Gasteiger partial charge in [-0.3, -0.25) is 24.4 Å². The Morgan fingerprint density at radius 1 is 0.458 bits per heavy atom. The number of nitrogens with two attached hydrogens (primary N) is 1. The largest absolute Gasteiger partial charge is 0.492 e. The first-order valence-electron chi connectivity index (χ1n) is 21.1. The van der Waals surface area contributed by atoms with Crippen LogP contribution in [0.2, 0.25) is 0 Å². The molecule has 0 aliphatic carbocycles. The number of carbonyl (C=O) groups is 3. The summed E-state index contributed by atoms with van der Waals surface area (Å²) in [5, 5.41) is 6.67. The first-order chi connectivity index (χ1) is 38.4. The van der Waals surface area contributed by atoms with Gasteiger partial charge < -0.3 is 10.5 Å². The highest BCUT2D eigenvalue weighted by Gasteiger charge is 2.60. The van der Waals surface area contributed by atoms with E-state index in [0.717, 1.165) is 5.56 Å². The van der Waals surface area contributed by atoms with Crippen molar-refractivity contribution in [3.8, 4) is 17.0 Å². The van der Waals surface area contributed by atoms with Crippen LogP contribution in [-0.4, -0.2) is 34.5 Å². The maximum Gasteiger partial charge on any atom is 0.259 e. The molecule has 8 nitrogen and oxygen atoms in total. The molecule has 0 radical (unpaired) electrons. The van der Waals surface area contributed by atoms with Crippen molar-refractivity contribution in [2.24, 2.45) is 7.05 Å². The Morgan fingerprint density at radius 3 is 1.00 bits per heavy atom. The first-order valence-corrected chi connectivity index (χ1v) is 119. The van der Waals surface area contributed by atoms with E-state index in [1.807, 2.05) is 30.3 Å². The van der Waals surface area contributed by atoms with Gasteiger partial charge in [0, 0.05) is 24.7 Å². The molecule has 472 valence electrons. The number of benzene rings is 2. The van der Waals surface area contributed by atoms with Crippen LogP contribution in [-0.2, 0) is 13.5 Å². The van der Waals surface area contributed by atoms with Gasteiger partial charge in [0.2, 0.25) is 0 Å². The fourth-order valence-electron chi connectivity index (χ4n) is 6.68. The molecule has 2 amide bonds. The van der Waals surface area contributed by atoms with Crippen molar-refractivity contribution in [1.82, 2.24) is 15.1 Å². The van der Waals surface area contributed by atoms with E-state index >= 15 is 0 Å². The molecule has 83 heavy (non-hydrogen) atoms. The number of amides is 2. The number of imide groups is 1. The van der Waals surface area contributed by atoms with Gasteiger partial charge in [0.1, 0.15) is 11.4 Å². The van der Waals surface area contributed by atoms with E-state index in [0.29, 0.717) is 22.7 Å². The Hall–Kier alpha value is 19.3. The molecule has 1 aromatic heterocycles. The minimum absolute atomic E-state index is 0.0648. The van der Waals surface area contributed by atoms with E-state index in [1.54, 1.807) is 7.05 Å². The van der Waals surface area contributed by atoms with Crippen LogP contribution in [0.15, 0.2) is 42.5 Å². The van der Waals surface area contributed by atoms with E-state index in [2.05, 4.69) is 260 Å². The molecule has 2 heterocycles. The zero-order valence-corrected chi connectivity index (χ0v) is 99.2. The summed E-state index contributed by atoms with van der Waals surface area (Å²) in [7, 11) is 101. The van der Waals surface area contributed by atoms with Crippen LogP contribution in [0.3, 0.4) is 0 Å². The zero-order chi connectivity index (χ0) is 63.7. The van der Waals surface area contributed by atoms with Crippen LogP contribution in [0, 0.1) is 0 Å². The maximum absolute atomic E-state index is 13.1. The number of methoxy groups -OCH3 is 1. The third-order valence-corrected chi connectivity index (χ3v) is 382. The molecule has 1 aliphatic rings. The third kappa shape index (κ3) is 29.1. The van der Waals surface area contributed by atoms with E-state index < -0.39 is 11.8 Å². The summed E-state index contributed by atoms with van der Waals surface area (Å²) in [4.78, 5) is 36.8. The number of ketones is 1. The number of ether oxygens (including phenoxy) is 1. The van der Waals surface area contributed by atoms with Gasteiger partial charge in [-0.2, -0.15) is 5.10 Å². The SMILES string of the molecule is COc1c(-c2ccccc2)nn(C)c1C(=O)Cc1cc2c(cc1N)C(=O)NC2=O.PP(P)P(P(P)P)P(P(P(P)P)P(P)P)P(P(P(P)P)P(P)P)P(P(P(P(P)P)P(P)P)P(P(P)P)P(P)P)P(P(P(P)P)P(P)P)P(P(P)P)P(P)P. The van der Waals surface area contributed by atoms with E-state index in [9.17, 15) is 14.4 Å². The highest BCUT2D eigenvalue weighted by atomic mass is 33.6. The number of aromatic nitrogens is 2. The molecular weight excluding hydrogens is 2040 g/mol. The van der Waals surface area contributed by atoms with Crippen molar-refractivity contribution in [3.63, 3.8) is 0 Å². The summed E-state index contributed by atoms with van der Waals surface area (Å²) in [5.74, 6) is -0.884. The van der Waals surface area contributed by atoms with E-state index in [-0.39, 0.29) is 211 Å². The Labute approximate surface area is 589 Å². The molecular formula is C21H74N4O4P54. The predicted molar refractivity (Wildman–Crippen MR) is 558 cm³/mol. The van der Waals surface area contributed by atoms with Crippen molar-refractivity contribution in [2.45, 2.75) is 6.42 Å². The summed E-state index contributed by atoms with van der Waals surface area (Å²) >= 11 is 0. The normalized spacial score (nSPS) is 14.2. The van der Waals surface area contributed by atoms with Crippen LogP contribution in [0.4, 0.5) is 5.69 Å². The molecule has 0 bridgehead atoms. The Bertz CT molecular complexity index is 2370. The predicted octanol–water partition coefficient (Wildman–Crippen LogP) is 33.5. The average Bonchev–Trinajstić information content (AvgIpc) is 3.82. The van der Waals surface area contributed by atoms with Crippen molar-refractivity contribution >= 4 is 455 Å². The number of fused-ring (bicyclic) bond motifs is 1.